The van der Waals surface area contributed by atoms with Crippen LogP contribution < -0.4 is 5.32 Å². The summed E-state index contributed by atoms with van der Waals surface area (Å²) in [5.41, 5.74) is 0.826. The van der Waals surface area contributed by atoms with Crippen LogP contribution in [0.25, 0.3) is 0 Å². The second-order valence-corrected chi connectivity index (χ2v) is 6.78. The van der Waals surface area contributed by atoms with Crippen molar-refractivity contribution in [2.24, 2.45) is 0 Å². The first-order valence-electron chi connectivity index (χ1n) is 7.23. The highest BCUT2D eigenvalue weighted by molar-refractivity contribution is 8.00. The number of hydrogen-bond acceptors (Lipinski definition) is 4. The first kappa shape index (κ1) is 16.3. The molecule has 0 aliphatic heterocycles. The molecule has 1 N–H and O–H groups in total. The number of benzene rings is 1. The van der Waals surface area contributed by atoms with E-state index in [1.165, 1.54) is 44.9 Å². The molecular weight excluding hydrogens is 289 g/mol. The van der Waals surface area contributed by atoms with Crippen molar-refractivity contribution in [3.8, 4) is 0 Å². The molecule has 1 aromatic carbocycles. The predicted molar refractivity (Wildman–Crippen MR) is 84.2 cm³/mol. The van der Waals surface area contributed by atoms with Crippen LogP contribution in [-0.2, 0) is 11.3 Å². The van der Waals surface area contributed by atoms with Crippen molar-refractivity contribution < 1.29 is 13.9 Å². The minimum atomic E-state index is -0.640. The predicted octanol–water partition coefficient (Wildman–Crippen LogP) is 3.38. The molecule has 5 heteroatoms. The lowest BCUT2D eigenvalue weighted by molar-refractivity contribution is 0.0595. The second-order valence-electron chi connectivity index (χ2n) is 5.50. The van der Waals surface area contributed by atoms with Gasteiger partial charge in [-0.3, -0.25) is 0 Å². The molecule has 1 aliphatic rings. The molecule has 3 nitrogen and oxygen atoms in total. The van der Waals surface area contributed by atoms with E-state index in [1.54, 1.807) is 6.07 Å². The van der Waals surface area contributed by atoms with Gasteiger partial charge in [0.05, 0.1) is 12.7 Å². The number of hydrogen-bond donors (Lipinski definition) is 1. The van der Waals surface area contributed by atoms with Gasteiger partial charge in [-0.2, -0.15) is 11.8 Å². The molecule has 0 radical (unpaired) electrons. The topological polar surface area (TPSA) is 38.3 Å². The summed E-state index contributed by atoms with van der Waals surface area (Å²) in [6, 6.07) is 4.65. The van der Waals surface area contributed by atoms with Crippen molar-refractivity contribution in [3.63, 3.8) is 0 Å². The Morgan fingerprint density at radius 2 is 2.14 bits per heavy atom. The number of carbonyl (C=O) groups excluding carboxylic acids is 1. The second kappa shape index (κ2) is 7.27. The molecule has 1 aliphatic carbocycles. The summed E-state index contributed by atoms with van der Waals surface area (Å²) in [6.07, 6.45) is 7.25. The summed E-state index contributed by atoms with van der Waals surface area (Å²) < 4.78 is 18.7. The number of esters is 1. The van der Waals surface area contributed by atoms with Gasteiger partial charge in [0.1, 0.15) is 5.82 Å². The summed E-state index contributed by atoms with van der Waals surface area (Å²) in [5.74, 6) is -1.17. The van der Waals surface area contributed by atoms with Gasteiger partial charge in [-0.25, -0.2) is 9.18 Å². The average Bonchev–Trinajstić information content (AvgIpc) is 2.96. The van der Waals surface area contributed by atoms with Gasteiger partial charge in [0.25, 0.3) is 0 Å². The Bertz CT molecular complexity index is 501. The Hall–Kier alpha value is -1.07. The first-order valence-corrected chi connectivity index (χ1v) is 8.45. The molecule has 0 bridgehead atoms. The monoisotopic (exact) mass is 311 g/mol. The van der Waals surface area contributed by atoms with Crippen molar-refractivity contribution in [2.75, 3.05) is 19.9 Å². The number of carbonyl (C=O) groups is 1. The van der Waals surface area contributed by atoms with Crippen LogP contribution in [0.1, 0.15) is 41.6 Å². The summed E-state index contributed by atoms with van der Waals surface area (Å²) in [5, 5.41) is 3.42. The number of thioether (sulfide) groups is 1. The Morgan fingerprint density at radius 3 is 2.71 bits per heavy atom. The molecule has 1 aromatic rings. The third kappa shape index (κ3) is 3.98. The number of ether oxygens (including phenoxy) is 1. The molecular formula is C16H22FNO2S. The van der Waals surface area contributed by atoms with Gasteiger partial charge in [0, 0.05) is 17.8 Å². The molecule has 0 saturated heterocycles. The van der Waals surface area contributed by atoms with E-state index in [4.69, 9.17) is 0 Å². The Morgan fingerprint density at radius 1 is 1.43 bits per heavy atom. The van der Waals surface area contributed by atoms with Crippen molar-refractivity contribution in [3.05, 3.63) is 35.1 Å². The lowest BCUT2D eigenvalue weighted by atomic mass is 10.1. The number of halogens is 1. The van der Waals surface area contributed by atoms with E-state index in [-0.39, 0.29) is 5.56 Å². The quantitative estimate of drug-likeness (QED) is 0.818. The van der Waals surface area contributed by atoms with E-state index < -0.39 is 11.8 Å². The largest absolute Gasteiger partial charge is 0.465 e. The van der Waals surface area contributed by atoms with Crippen LogP contribution in [0.15, 0.2) is 18.2 Å². The van der Waals surface area contributed by atoms with Crippen molar-refractivity contribution in [1.29, 1.82) is 0 Å². The normalized spacial score (nSPS) is 16.9. The maximum absolute atomic E-state index is 13.8. The maximum Gasteiger partial charge on any atom is 0.340 e. The van der Waals surface area contributed by atoms with E-state index >= 15 is 0 Å². The molecule has 21 heavy (non-hydrogen) atoms. The highest BCUT2D eigenvalue weighted by Gasteiger charge is 2.32. The Kier molecular flexibility index (Phi) is 5.65. The van der Waals surface area contributed by atoms with Crippen LogP contribution in [0.4, 0.5) is 4.39 Å². The number of rotatable bonds is 6. The summed E-state index contributed by atoms with van der Waals surface area (Å²) in [7, 11) is 1.25. The fraction of sp³-hybridized carbons (Fsp3) is 0.562. The van der Waals surface area contributed by atoms with Crippen LogP contribution >= 0.6 is 11.8 Å². The maximum atomic E-state index is 13.8. The van der Waals surface area contributed by atoms with Gasteiger partial charge in [-0.05, 0) is 36.8 Å². The highest BCUT2D eigenvalue weighted by Crippen LogP contribution is 2.39. The van der Waals surface area contributed by atoms with Gasteiger partial charge >= 0.3 is 5.97 Å². The summed E-state index contributed by atoms with van der Waals surface area (Å²) >= 11 is 1.93. The van der Waals surface area contributed by atoms with Gasteiger partial charge < -0.3 is 10.1 Å². The molecule has 116 valence electrons. The van der Waals surface area contributed by atoms with Crippen molar-refractivity contribution in [2.45, 2.75) is 37.0 Å². The molecule has 1 saturated carbocycles. The zero-order valence-electron chi connectivity index (χ0n) is 12.6. The van der Waals surface area contributed by atoms with E-state index in [0.29, 0.717) is 11.3 Å². The van der Waals surface area contributed by atoms with E-state index in [1.807, 2.05) is 11.8 Å². The van der Waals surface area contributed by atoms with E-state index in [0.717, 1.165) is 12.1 Å². The van der Waals surface area contributed by atoms with Crippen LogP contribution in [0, 0.1) is 5.82 Å². The molecule has 1 fully saturated rings. The fourth-order valence-electron chi connectivity index (χ4n) is 2.85. The van der Waals surface area contributed by atoms with Crippen LogP contribution in [0.5, 0.6) is 0 Å². The number of nitrogens with one attached hydrogen (secondary N) is 1. The van der Waals surface area contributed by atoms with Crippen molar-refractivity contribution >= 4 is 17.7 Å². The summed E-state index contributed by atoms with van der Waals surface area (Å²) in [4.78, 5) is 11.3. The SMILES string of the molecule is COC(=O)c1ccc(CNCC2(SC)CCCC2)cc1F. The van der Waals surface area contributed by atoms with Crippen molar-refractivity contribution in [1.82, 2.24) is 5.32 Å². The smallest absolute Gasteiger partial charge is 0.340 e. The molecule has 2 rings (SSSR count). The lowest BCUT2D eigenvalue weighted by Crippen LogP contribution is -2.34. The van der Waals surface area contributed by atoms with Crippen LogP contribution in [0.2, 0.25) is 0 Å². The third-order valence-corrected chi connectivity index (χ3v) is 5.58. The average molecular weight is 311 g/mol. The van der Waals surface area contributed by atoms with Gasteiger partial charge in [0.15, 0.2) is 0 Å². The lowest BCUT2D eigenvalue weighted by Gasteiger charge is -2.27. The van der Waals surface area contributed by atoms with Crippen LogP contribution in [-0.4, -0.2) is 30.6 Å². The third-order valence-electron chi connectivity index (χ3n) is 4.16. The standard InChI is InChI=1S/C16H22FNO2S/c1-20-15(19)13-6-5-12(9-14(13)17)10-18-11-16(21-2)7-3-4-8-16/h5-6,9,18H,3-4,7-8,10-11H2,1-2H3. The molecule has 0 atom stereocenters. The number of methoxy groups -OCH3 is 1. The zero-order valence-corrected chi connectivity index (χ0v) is 13.4. The molecule has 0 amide bonds. The Labute approximate surface area is 129 Å². The zero-order chi connectivity index (χ0) is 15.3. The van der Waals surface area contributed by atoms with Gasteiger partial charge in [0.2, 0.25) is 0 Å². The highest BCUT2D eigenvalue weighted by atomic mass is 32.2. The van der Waals surface area contributed by atoms with E-state index in [9.17, 15) is 9.18 Å². The van der Waals surface area contributed by atoms with E-state index in [2.05, 4.69) is 16.3 Å². The Balaban J connectivity index is 1.92. The molecule has 0 heterocycles. The first-order chi connectivity index (χ1) is 10.1. The van der Waals surface area contributed by atoms with Gasteiger partial charge in [-0.1, -0.05) is 18.9 Å². The molecule has 0 spiro atoms. The molecule has 0 unspecified atom stereocenters. The van der Waals surface area contributed by atoms with Crippen LogP contribution in [0.3, 0.4) is 0 Å². The minimum Gasteiger partial charge on any atom is -0.465 e. The van der Waals surface area contributed by atoms with Gasteiger partial charge in [-0.15, -0.1) is 0 Å². The fourth-order valence-corrected chi connectivity index (χ4v) is 3.79. The molecule has 0 aromatic heterocycles. The summed E-state index contributed by atoms with van der Waals surface area (Å²) in [6.45, 7) is 1.55. The minimum absolute atomic E-state index is 0.0161.